The number of rotatable bonds is 3. The molecule has 22 heavy (non-hydrogen) atoms. The van der Waals surface area contributed by atoms with Gasteiger partial charge in [-0.15, -0.1) is 12.4 Å². The molecule has 0 saturated carbocycles. The van der Waals surface area contributed by atoms with E-state index in [1.165, 1.54) is 0 Å². The lowest BCUT2D eigenvalue weighted by atomic mass is 9.83. The fourth-order valence-electron chi connectivity index (χ4n) is 2.71. The third kappa shape index (κ3) is 3.31. The predicted octanol–water partition coefficient (Wildman–Crippen LogP) is 1.64. The topological polar surface area (TPSA) is 59.6 Å². The van der Waals surface area contributed by atoms with Crippen molar-refractivity contribution in [2.45, 2.75) is 31.7 Å². The van der Waals surface area contributed by atoms with Gasteiger partial charge in [-0.25, -0.2) is 0 Å². The highest BCUT2D eigenvalue weighted by atomic mass is 35.5. The van der Waals surface area contributed by atoms with Gasteiger partial charge in [0.1, 0.15) is 13.2 Å². The number of nitrogens with one attached hydrogen (secondary N) is 2. The fraction of sp³-hybridized carbons (Fsp3) is 0.562. The van der Waals surface area contributed by atoms with Crippen molar-refractivity contribution in [3.8, 4) is 11.5 Å². The normalized spacial score (nSPS) is 20.2. The smallest absolute Gasteiger partial charge is 0.230 e. The molecule has 1 aromatic rings. The number of hydrogen-bond donors (Lipinski definition) is 2. The van der Waals surface area contributed by atoms with Crippen molar-refractivity contribution < 1.29 is 14.3 Å². The first-order valence-corrected chi connectivity index (χ1v) is 7.49. The number of ether oxygens (including phenoxy) is 2. The molecule has 2 aliphatic rings. The van der Waals surface area contributed by atoms with Crippen LogP contribution in [0.4, 0.5) is 0 Å². The maximum absolute atomic E-state index is 12.6. The van der Waals surface area contributed by atoms with Gasteiger partial charge < -0.3 is 20.1 Å². The maximum Gasteiger partial charge on any atom is 0.230 e. The van der Waals surface area contributed by atoms with Crippen molar-refractivity contribution in [1.29, 1.82) is 0 Å². The van der Waals surface area contributed by atoms with E-state index in [0.29, 0.717) is 13.2 Å². The van der Waals surface area contributed by atoms with E-state index in [-0.39, 0.29) is 24.4 Å². The molecule has 1 amide bonds. The SMILES string of the molecule is CC(C)(C(=O)NC1CCNC1)c1ccc2c(c1)OCCO2.Cl. The summed E-state index contributed by atoms with van der Waals surface area (Å²) in [5.41, 5.74) is 0.341. The lowest BCUT2D eigenvalue weighted by Crippen LogP contribution is -2.45. The number of benzene rings is 1. The third-order valence-corrected chi connectivity index (χ3v) is 4.23. The average molecular weight is 327 g/mol. The maximum atomic E-state index is 12.6. The summed E-state index contributed by atoms with van der Waals surface area (Å²) >= 11 is 0. The van der Waals surface area contributed by atoms with Crippen molar-refractivity contribution in [3.63, 3.8) is 0 Å². The Balaban J connectivity index is 0.00000176. The predicted molar refractivity (Wildman–Crippen MR) is 87.1 cm³/mol. The van der Waals surface area contributed by atoms with Gasteiger partial charge in [0.15, 0.2) is 11.5 Å². The summed E-state index contributed by atoms with van der Waals surface area (Å²) in [6, 6.07) is 5.98. The monoisotopic (exact) mass is 326 g/mol. The molecule has 2 N–H and O–H groups in total. The number of fused-ring (bicyclic) bond motifs is 1. The van der Waals surface area contributed by atoms with Crippen LogP contribution in [-0.4, -0.2) is 38.3 Å². The quantitative estimate of drug-likeness (QED) is 0.886. The van der Waals surface area contributed by atoms with Crippen molar-refractivity contribution in [1.82, 2.24) is 10.6 Å². The van der Waals surface area contributed by atoms with Gasteiger partial charge in [-0.1, -0.05) is 6.07 Å². The minimum Gasteiger partial charge on any atom is -0.486 e. The van der Waals surface area contributed by atoms with Crippen LogP contribution in [0.15, 0.2) is 18.2 Å². The number of amides is 1. The van der Waals surface area contributed by atoms with Gasteiger partial charge in [-0.05, 0) is 44.5 Å². The second-order valence-electron chi connectivity index (χ2n) is 6.15. The van der Waals surface area contributed by atoms with Crippen molar-refractivity contribution in [2.24, 2.45) is 0 Å². The Morgan fingerprint density at radius 3 is 2.68 bits per heavy atom. The molecule has 122 valence electrons. The van der Waals surface area contributed by atoms with Crippen LogP contribution >= 0.6 is 12.4 Å². The summed E-state index contributed by atoms with van der Waals surface area (Å²) in [5, 5.41) is 6.38. The van der Waals surface area contributed by atoms with Gasteiger partial charge in [-0.2, -0.15) is 0 Å². The van der Waals surface area contributed by atoms with Gasteiger partial charge >= 0.3 is 0 Å². The molecule has 0 spiro atoms. The Labute approximate surface area is 137 Å². The second-order valence-corrected chi connectivity index (χ2v) is 6.15. The van der Waals surface area contributed by atoms with Crippen LogP contribution in [-0.2, 0) is 10.2 Å². The molecule has 1 unspecified atom stereocenters. The Morgan fingerprint density at radius 2 is 2.00 bits per heavy atom. The molecule has 2 heterocycles. The molecular formula is C16H23ClN2O3. The van der Waals surface area contributed by atoms with E-state index in [0.717, 1.165) is 36.6 Å². The molecule has 1 aromatic carbocycles. The van der Waals surface area contributed by atoms with Gasteiger partial charge in [-0.3, -0.25) is 4.79 Å². The van der Waals surface area contributed by atoms with Gasteiger partial charge in [0.25, 0.3) is 0 Å². The Hall–Kier alpha value is -1.46. The summed E-state index contributed by atoms with van der Waals surface area (Å²) in [6.45, 7) is 6.83. The van der Waals surface area contributed by atoms with Crippen LogP contribution < -0.4 is 20.1 Å². The first kappa shape index (κ1) is 16.9. The molecule has 5 nitrogen and oxygen atoms in total. The summed E-state index contributed by atoms with van der Waals surface area (Å²) in [5.74, 6) is 1.52. The Kier molecular flexibility index (Phi) is 5.19. The highest BCUT2D eigenvalue weighted by Crippen LogP contribution is 2.35. The van der Waals surface area contributed by atoms with Crippen molar-refractivity contribution in [3.05, 3.63) is 23.8 Å². The van der Waals surface area contributed by atoms with Gasteiger partial charge in [0.05, 0.1) is 5.41 Å². The Bertz CT molecular complexity index is 542. The number of carbonyl (C=O) groups excluding carboxylic acids is 1. The van der Waals surface area contributed by atoms with E-state index >= 15 is 0 Å². The lowest BCUT2D eigenvalue weighted by Gasteiger charge is -2.28. The van der Waals surface area contributed by atoms with E-state index in [2.05, 4.69) is 10.6 Å². The van der Waals surface area contributed by atoms with E-state index in [1.54, 1.807) is 0 Å². The summed E-state index contributed by atoms with van der Waals surface area (Å²) in [4.78, 5) is 12.6. The zero-order chi connectivity index (χ0) is 14.9. The van der Waals surface area contributed by atoms with Crippen molar-refractivity contribution in [2.75, 3.05) is 26.3 Å². The molecule has 2 aliphatic heterocycles. The third-order valence-electron chi connectivity index (χ3n) is 4.23. The van der Waals surface area contributed by atoms with Crippen LogP contribution in [0, 0.1) is 0 Å². The van der Waals surface area contributed by atoms with E-state index < -0.39 is 5.41 Å². The number of halogens is 1. The standard InChI is InChI=1S/C16H22N2O3.ClH/c1-16(2,15(19)18-12-5-6-17-10-12)11-3-4-13-14(9-11)21-8-7-20-13;/h3-4,9,12,17H,5-8,10H2,1-2H3,(H,18,19);1H. The van der Waals surface area contributed by atoms with E-state index in [9.17, 15) is 4.79 Å². The first-order valence-electron chi connectivity index (χ1n) is 7.49. The zero-order valence-corrected chi connectivity index (χ0v) is 13.8. The number of hydrogen-bond acceptors (Lipinski definition) is 4. The van der Waals surface area contributed by atoms with Crippen molar-refractivity contribution >= 4 is 18.3 Å². The minimum atomic E-state index is -0.599. The molecule has 0 aromatic heterocycles. The fourth-order valence-corrected chi connectivity index (χ4v) is 2.71. The molecule has 6 heteroatoms. The van der Waals surface area contributed by atoms with E-state index in [4.69, 9.17) is 9.47 Å². The Morgan fingerprint density at radius 1 is 1.27 bits per heavy atom. The van der Waals surface area contributed by atoms with E-state index in [1.807, 2.05) is 32.0 Å². The van der Waals surface area contributed by atoms with Crippen LogP contribution in [0.25, 0.3) is 0 Å². The summed E-state index contributed by atoms with van der Waals surface area (Å²) < 4.78 is 11.1. The van der Waals surface area contributed by atoms with Crippen LogP contribution in [0.1, 0.15) is 25.8 Å². The largest absolute Gasteiger partial charge is 0.486 e. The molecule has 0 radical (unpaired) electrons. The molecule has 3 rings (SSSR count). The van der Waals surface area contributed by atoms with Crippen LogP contribution in [0.3, 0.4) is 0 Å². The molecule has 1 fully saturated rings. The van der Waals surface area contributed by atoms with Gasteiger partial charge in [0.2, 0.25) is 5.91 Å². The highest BCUT2D eigenvalue weighted by molar-refractivity contribution is 5.87. The van der Waals surface area contributed by atoms with Gasteiger partial charge in [0, 0.05) is 12.6 Å². The number of carbonyl (C=O) groups is 1. The molecule has 1 saturated heterocycles. The molecule has 0 bridgehead atoms. The minimum absolute atomic E-state index is 0. The summed E-state index contributed by atoms with van der Waals surface area (Å²) in [7, 11) is 0. The highest BCUT2D eigenvalue weighted by Gasteiger charge is 2.33. The molecular weight excluding hydrogens is 304 g/mol. The summed E-state index contributed by atoms with van der Waals surface area (Å²) in [6.07, 6.45) is 0.989. The van der Waals surface area contributed by atoms with Crippen LogP contribution in [0.5, 0.6) is 11.5 Å². The first-order chi connectivity index (χ1) is 10.1. The molecule has 1 atom stereocenters. The average Bonchev–Trinajstić information content (AvgIpc) is 2.99. The van der Waals surface area contributed by atoms with Crippen LogP contribution in [0.2, 0.25) is 0 Å². The second kappa shape index (κ2) is 6.75. The molecule has 0 aliphatic carbocycles. The lowest BCUT2D eigenvalue weighted by molar-refractivity contribution is -0.126. The zero-order valence-electron chi connectivity index (χ0n) is 13.0.